The third-order valence-electron chi connectivity index (χ3n) is 3.35. The van der Waals surface area contributed by atoms with Gasteiger partial charge in [-0.25, -0.2) is 17.6 Å². The third-order valence-corrected chi connectivity index (χ3v) is 3.35. The molecule has 7 heteroatoms. The van der Waals surface area contributed by atoms with Crippen LogP contribution in [0.15, 0.2) is 6.07 Å². The Labute approximate surface area is 119 Å². The number of carboxylic acid groups (broad SMARTS) is 1. The van der Waals surface area contributed by atoms with E-state index in [4.69, 9.17) is 10.8 Å². The van der Waals surface area contributed by atoms with Crippen molar-refractivity contribution in [3.8, 4) is 0 Å². The second-order valence-corrected chi connectivity index (χ2v) is 5.53. The highest BCUT2D eigenvalue weighted by Crippen LogP contribution is 2.23. The minimum absolute atomic E-state index is 0.0448. The monoisotopic (exact) mass is 307 g/mol. The molecule has 0 amide bonds. The van der Waals surface area contributed by atoms with E-state index < -0.39 is 34.8 Å². The minimum Gasteiger partial charge on any atom is -0.480 e. The molecule has 0 radical (unpaired) electrons. The molecule has 2 unspecified atom stereocenters. The SMILES string of the molecule is CC(CCc1cc(F)c(F)c(F)c1F)CC(C)(N)C(=O)O. The Morgan fingerprint density at radius 2 is 1.86 bits per heavy atom. The van der Waals surface area contributed by atoms with Crippen LogP contribution in [0.1, 0.15) is 32.3 Å². The van der Waals surface area contributed by atoms with Gasteiger partial charge in [-0.2, -0.15) is 0 Å². The molecule has 0 fully saturated rings. The number of carbonyl (C=O) groups is 1. The quantitative estimate of drug-likeness (QED) is 0.482. The van der Waals surface area contributed by atoms with Crippen molar-refractivity contribution in [3.05, 3.63) is 34.9 Å². The van der Waals surface area contributed by atoms with Gasteiger partial charge in [-0.3, -0.25) is 4.79 Å². The molecule has 1 aromatic carbocycles. The molecule has 0 saturated heterocycles. The lowest BCUT2D eigenvalue weighted by atomic mass is 9.87. The maximum Gasteiger partial charge on any atom is 0.323 e. The predicted octanol–water partition coefficient (Wildman–Crippen LogP) is 3.00. The normalized spacial score (nSPS) is 15.6. The average Bonchev–Trinajstić information content (AvgIpc) is 2.38. The largest absolute Gasteiger partial charge is 0.480 e. The summed E-state index contributed by atoms with van der Waals surface area (Å²) < 4.78 is 52.4. The molecule has 21 heavy (non-hydrogen) atoms. The molecule has 0 aliphatic carbocycles. The number of hydrogen-bond acceptors (Lipinski definition) is 2. The predicted molar refractivity (Wildman–Crippen MR) is 68.6 cm³/mol. The lowest BCUT2D eigenvalue weighted by Gasteiger charge is -2.23. The highest BCUT2D eigenvalue weighted by molar-refractivity contribution is 5.77. The Hall–Kier alpha value is -1.63. The topological polar surface area (TPSA) is 63.3 Å². The van der Waals surface area contributed by atoms with Gasteiger partial charge in [-0.05, 0) is 43.7 Å². The van der Waals surface area contributed by atoms with Crippen molar-refractivity contribution in [1.82, 2.24) is 0 Å². The Morgan fingerprint density at radius 1 is 1.29 bits per heavy atom. The first kappa shape index (κ1) is 17.4. The van der Waals surface area contributed by atoms with Crippen molar-refractivity contribution in [3.63, 3.8) is 0 Å². The Morgan fingerprint density at radius 3 is 2.38 bits per heavy atom. The van der Waals surface area contributed by atoms with Crippen LogP contribution in [0.2, 0.25) is 0 Å². The summed E-state index contributed by atoms with van der Waals surface area (Å²) in [6, 6.07) is 0.610. The third kappa shape index (κ3) is 4.17. The maximum atomic E-state index is 13.5. The van der Waals surface area contributed by atoms with Crippen LogP contribution in [0, 0.1) is 29.2 Å². The van der Waals surface area contributed by atoms with Crippen LogP contribution in [0.4, 0.5) is 17.6 Å². The van der Waals surface area contributed by atoms with E-state index in [1.807, 2.05) is 0 Å². The average molecular weight is 307 g/mol. The Kier molecular flexibility index (Phi) is 5.33. The van der Waals surface area contributed by atoms with E-state index in [1.54, 1.807) is 6.92 Å². The van der Waals surface area contributed by atoms with Crippen LogP contribution in [0.5, 0.6) is 0 Å². The Bertz CT molecular complexity index is 546. The molecular formula is C14H17F4NO2. The van der Waals surface area contributed by atoms with Crippen molar-refractivity contribution in [1.29, 1.82) is 0 Å². The van der Waals surface area contributed by atoms with Gasteiger partial charge in [0.2, 0.25) is 0 Å². The fourth-order valence-corrected chi connectivity index (χ4v) is 2.12. The zero-order valence-corrected chi connectivity index (χ0v) is 11.7. The summed E-state index contributed by atoms with van der Waals surface area (Å²) >= 11 is 0. The van der Waals surface area contributed by atoms with E-state index in [0.717, 1.165) is 0 Å². The van der Waals surface area contributed by atoms with Gasteiger partial charge in [0.15, 0.2) is 23.3 Å². The molecular weight excluding hydrogens is 290 g/mol. The van der Waals surface area contributed by atoms with Crippen LogP contribution in [-0.2, 0) is 11.2 Å². The number of carboxylic acids is 1. The van der Waals surface area contributed by atoms with Crippen LogP contribution in [0.3, 0.4) is 0 Å². The van der Waals surface area contributed by atoms with Crippen LogP contribution < -0.4 is 5.73 Å². The fraction of sp³-hybridized carbons (Fsp3) is 0.500. The molecule has 118 valence electrons. The van der Waals surface area contributed by atoms with Crippen LogP contribution in [-0.4, -0.2) is 16.6 Å². The molecule has 0 aliphatic heterocycles. The molecule has 0 heterocycles. The summed E-state index contributed by atoms with van der Waals surface area (Å²) in [5.41, 5.74) is 3.87. The molecule has 1 aromatic rings. The number of hydrogen-bond donors (Lipinski definition) is 2. The highest BCUT2D eigenvalue weighted by Gasteiger charge is 2.30. The summed E-state index contributed by atoms with van der Waals surface area (Å²) in [7, 11) is 0. The summed E-state index contributed by atoms with van der Waals surface area (Å²) in [6.07, 6.45) is 0.342. The van der Waals surface area contributed by atoms with Crippen molar-refractivity contribution in [2.75, 3.05) is 0 Å². The summed E-state index contributed by atoms with van der Waals surface area (Å²) in [5, 5.41) is 8.90. The molecule has 0 aliphatic rings. The molecule has 0 aromatic heterocycles. The van der Waals surface area contributed by atoms with Gasteiger partial charge in [-0.1, -0.05) is 6.92 Å². The van der Waals surface area contributed by atoms with E-state index in [1.165, 1.54) is 6.92 Å². The van der Waals surface area contributed by atoms with Gasteiger partial charge in [0.25, 0.3) is 0 Å². The number of halogens is 4. The Balaban J connectivity index is 2.74. The van der Waals surface area contributed by atoms with Crippen molar-refractivity contribution in [2.24, 2.45) is 11.7 Å². The van der Waals surface area contributed by atoms with Gasteiger partial charge in [-0.15, -0.1) is 0 Å². The first-order chi connectivity index (χ1) is 9.56. The van der Waals surface area contributed by atoms with Gasteiger partial charge in [0.05, 0.1) is 0 Å². The van der Waals surface area contributed by atoms with E-state index in [0.29, 0.717) is 6.07 Å². The number of aliphatic carboxylic acids is 1. The lowest BCUT2D eigenvalue weighted by Crippen LogP contribution is -2.46. The number of rotatable bonds is 6. The second kappa shape index (κ2) is 6.43. The number of nitrogens with two attached hydrogens (primary N) is 1. The van der Waals surface area contributed by atoms with Crippen LogP contribution in [0.25, 0.3) is 0 Å². The van der Waals surface area contributed by atoms with Gasteiger partial charge in [0.1, 0.15) is 5.54 Å². The first-order valence-electron chi connectivity index (χ1n) is 6.40. The van der Waals surface area contributed by atoms with Gasteiger partial charge in [0, 0.05) is 0 Å². The molecule has 3 N–H and O–H groups in total. The molecule has 0 saturated carbocycles. The minimum atomic E-state index is -1.84. The van der Waals surface area contributed by atoms with Crippen LogP contribution >= 0.6 is 0 Å². The lowest BCUT2D eigenvalue weighted by molar-refractivity contribution is -0.143. The van der Waals surface area contributed by atoms with Crippen molar-refractivity contribution < 1.29 is 27.5 Å². The zero-order valence-electron chi connectivity index (χ0n) is 11.7. The van der Waals surface area contributed by atoms with E-state index in [-0.39, 0.29) is 30.7 Å². The molecule has 3 nitrogen and oxygen atoms in total. The smallest absolute Gasteiger partial charge is 0.323 e. The number of aryl methyl sites for hydroxylation is 1. The first-order valence-corrected chi connectivity index (χ1v) is 6.40. The van der Waals surface area contributed by atoms with E-state index in [2.05, 4.69) is 0 Å². The standard InChI is InChI=1S/C14H17F4NO2/c1-7(6-14(2,19)13(20)21)3-4-8-5-9(15)11(17)12(18)10(8)16/h5,7H,3-4,6,19H2,1-2H3,(H,20,21). The fourth-order valence-electron chi connectivity index (χ4n) is 2.12. The summed E-state index contributed by atoms with van der Waals surface area (Å²) in [5.74, 6) is -7.94. The summed E-state index contributed by atoms with van der Waals surface area (Å²) in [4.78, 5) is 10.9. The molecule has 2 atom stereocenters. The van der Waals surface area contributed by atoms with E-state index >= 15 is 0 Å². The highest BCUT2D eigenvalue weighted by atomic mass is 19.2. The van der Waals surface area contributed by atoms with Crippen molar-refractivity contribution >= 4 is 5.97 Å². The second-order valence-electron chi connectivity index (χ2n) is 5.53. The molecule has 0 spiro atoms. The molecule has 1 rings (SSSR count). The zero-order chi connectivity index (χ0) is 16.4. The molecule has 0 bridgehead atoms. The van der Waals surface area contributed by atoms with Gasteiger partial charge >= 0.3 is 5.97 Å². The van der Waals surface area contributed by atoms with E-state index in [9.17, 15) is 22.4 Å². The van der Waals surface area contributed by atoms with Crippen molar-refractivity contribution in [2.45, 2.75) is 38.6 Å². The number of benzene rings is 1. The maximum absolute atomic E-state index is 13.5. The van der Waals surface area contributed by atoms with Gasteiger partial charge < -0.3 is 10.8 Å². The summed E-state index contributed by atoms with van der Waals surface area (Å²) in [6.45, 7) is 3.05.